The van der Waals surface area contributed by atoms with Gasteiger partial charge in [-0.3, -0.25) is 10.1 Å². The highest BCUT2D eigenvalue weighted by molar-refractivity contribution is 5.63. The van der Waals surface area contributed by atoms with Crippen molar-refractivity contribution < 1.29 is 4.92 Å². The molecule has 0 amide bonds. The molecule has 1 aromatic carbocycles. The first-order chi connectivity index (χ1) is 9.56. The number of rotatable bonds is 9. The number of nitrogens with one attached hydrogen (secondary N) is 2. The van der Waals surface area contributed by atoms with Crippen molar-refractivity contribution in [1.82, 2.24) is 0 Å². The SMILES string of the molecule is CCCCC(C)Nc1cc(NCCC)cc([N+](=O)[O-])c1. The Hall–Kier alpha value is -1.78. The van der Waals surface area contributed by atoms with Crippen molar-refractivity contribution in [2.45, 2.75) is 52.5 Å². The standard InChI is InChI=1S/C15H25N3O2/c1-4-6-7-12(3)17-14-9-13(16-8-5-2)10-15(11-14)18(19)20/h9-12,16-17H,4-8H2,1-3H3. The van der Waals surface area contributed by atoms with Crippen molar-refractivity contribution in [3.05, 3.63) is 28.3 Å². The fourth-order valence-corrected chi connectivity index (χ4v) is 2.04. The maximum Gasteiger partial charge on any atom is 0.273 e. The lowest BCUT2D eigenvalue weighted by molar-refractivity contribution is -0.384. The number of benzene rings is 1. The monoisotopic (exact) mass is 279 g/mol. The molecule has 0 saturated heterocycles. The van der Waals surface area contributed by atoms with E-state index in [2.05, 4.69) is 31.4 Å². The maximum atomic E-state index is 11.0. The lowest BCUT2D eigenvalue weighted by atomic mass is 10.1. The predicted octanol–water partition coefficient (Wildman–Crippen LogP) is 4.41. The summed E-state index contributed by atoms with van der Waals surface area (Å²) >= 11 is 0. The molecule has 0 aliphatic rings. The van der Waals surface area contributed by atoms with Crippen molar-refractivity contribution >= 4 is 17.1 Å². The summed E-state index contributed by atoms with van der Waals surface area (Å²) in [4.78, 5) is 10.6. The first-order valence-corrected chi connectivity index (χ1v) is 7.36. The molecule has 1 atom stereocenters. The summed E-state index contributed by atoms with van der Waals surface area (Å²) in [6.45, 7) is 7.14. The summed E-state index contributed by atoms with van der Waals surface area (Å²) in [7, 11) is 0. The zero-order chi connectivity index (χ0) is 15.0. The van der Waals surface area contributed by atoms with Crippen LogP contribution in [0.5, 0.6) is 0 Å². The van der Waals surface area contributed by atoms with Gasteiger partial charge in [0.2, 0.25) is 0 Å². The van der Waals surface area contributed by atoms with Gasteiger partial charge in [-0.15, -0.1) is 0 Å². The average molecular weight is 279 g/mol. The highest BCUT2D eigenvalue weighted by Gasteiger charge is 2.11. The van der Waals surface area contributed by atoms with Crippen LogP contribution in [0, 0.1) is 10.1 Å². The van der Waals surface area contributed by atoms with E-state index in [1.807, 2.05) is 6.07 Å². The second-order valence-electron chi connectivity index (χ2n) is 5.14. The van der Waals surface area contributed by atoms with E-state index >= 15 is 0 Å². The van der Waals surface area contributed by atoms with Gasteiger partial charge in [0, 0.05) is 36.1 Å². The van der Waals surface area contributed by atoms with Crippen LogP contribution in [0.4, 0.5) is 17.1 Å². The Morgan fingerprint density at radius 1 is 1.20 bits per heavy atom. The number of hydrogen-bond acceptors (Lipinski definition) is 4. The van der Waals surface area contributed by atoms with Gasteiger partial charge in [-0.05, 0) is 25.8 Å². The molecule has 0 aromatic heterocycles. The minimum Gasteiger partial charge on any atom is -0.385 e. The van der Waals surface area contributed by atoms with E-state index in [-0.39, 0.29) is 10.6 Å². The number of non-ortho nitro benzene ring substituents is 1. The number of nitro groups is 1. The molecule has 0 saturated carbocycles. The smallest absolute Gasteiger partial charge is 0.273 e. The van der Waals surface area contributed by atoms with E-state index in [9.17, 15) is 10.1 Å². The van der Waals surface area contributed by atoms with E-state index in [0.29, 0.717) is 6.04 Å². The second-order valence-corrected chi connectivity index (χ2v) is 5.14. The molecule has 0 radical (unpaired) electrons. The summed E-state index contributed by atoms with van der Waals surface area (Å²) in [5.74, 6) is 0. The lowest BCUT2D eigenvalue weighted by Gasteiger charge is -2.16. The molecule has 0 aliphatic heterocycles. The highest BCUT2D eigenvalue weighted by Crippen LogP contribution is 2.25. The fraction of sp³-hybridized carbons (Fsp3) is 0.600. The molecule has 20 heavy (non-hydrogen) atoms. The van der Waals surface area contributed by atoms with E-state index in [1.54, 1.807) is 12.1 Å². The fourth-order valence-electron chi connectivity index (χ4n) is 2.04. The van der Waals surface area contributed by atoms with Gasteiger partial charge < -0.3 is 10.6 Å². The van der Waals surface area contributed by atoms with Crippen molar-refractivity contribution in [1.29, 1.82) is 0 Å². The first-order valence-electron chi connectivity index (χ1n) is 7.36. The van der Waals surface area contributed by atoms with Crippen LogP contribution in [0.3, 0.4) is 0 Å². The van der Waals surface area contributed by atoms with Gasteiger partial charge in [-0.25, -0.2) is 0 Å². The van der Waals surface area contributed by atoms with Crippen LogP contribution in [-0.2, 0) is 0 Å². The number of nitro benzene ring substituents is 1. The Morgan fingerprint density at radius 3 is 2.50 bits per heavy atom. The molecule has 1 aromatic rings. The van der Waals surface area contributed by atoms with Gasteiger partial charge in [-0.1, -0.05) is 26.7 Å². The van der Waals surface area contributed by atoms with E-state index in [1.165, 1.54) is 0 Å². The normalized spacial score (nSPS) is 11.9. The Bertz CT molecular complexity index is 435. The average Bonchev–Trinajstić information content (AvgIpc) is 2.42. The Labute approximate surface area is 120 Å². The van der Waals surface area contributed by atoms with Crippen molar-refractivity contribution in [3.8, 4) is 0 Å². The number of anilines is 2. The Balaban J connectivity index is 2.82. The minimum absolute atomic E-state index is 0.122. The third-order valence-corrected chi connectivity index (χ3v) is 3.11. The molecule has 1 unspecified atom stereocenters. The van der Waals surface area contributed by atoms with E-state index in [4.69, 9.17) is 0 Å². The van der Waals surface area contributed by atoms with E-state index in [0.717, 1.165) is 43.6 Å². The summed E-state index contributed by atoms with van der Waals surface area (Å²) < 4.78 is 0. The van der Waals surface area contributed by atoms with Gasteiger partial charge in [-0.2, -0.15) is 0 Å². The highest BCUT2D eigenvalue weighted by atomic mass is 16.6. The molecule has 0 spiro atoms. The molecule has 5 heteroatoms. The van der Waals surface area contributed by atoms with E-state index < -0.39 is 0 Å². The third kappa shape index (κ3) is 5.47. The quantitative estimate of drug-likeness (QED) is 0.519. The number of nitrogens with zero attached hydrogens (tertiary/aromatic N) is 1. The summed E-state index contributed by atoms with van der Waals surface area (Å²) in [6, 6.07) is 5.43. The van der Waals surface area contributed by atoms with Crippen LogP contribution in [0.15, 0.2) is 18.2 Å². The van der Waals surface area contributed by atoms with Gasteiger partial charge >= 0.3 is 0 Å². The molecule has 0 fully saturated rings. The Morgan fingerprint density at radius 2 is 1.90 bits per heavy atom. The zero-order valence-corrected chi connectivity index (χ0v) is 12.6. The molecule has 0 bridgehead atoms. The number of hydrogen-bond donors (Lipinski definition) is 2. The van der Waals surface area contributed by atoms with Crippen LogP contribution in [0.25, 0.3) is 0 Å². The largest absolute Gasteiger partial charge is 0.385 e. The van der Waals surface area contributed by atoms with Crippen LogP contribution in [0.1, 0.15) is 46.5 Å². The van der Waals surface area contributed by atoms with Crippen molar-refractivity contribution in [3.63, 3.8) is 0 Å². The maximum absolute atomic E-state index is 11.0. The first kappa shape index (κ1) is 16.3. The van der Waals surface area contributed by atoms with Crippen LogP contribution in [0.2, 0.25) is 0 Å². The van der Waals surface area contributed by atoms with Gasteiger partial charge in [0.15, 0.2) is 0 Å². The Kier molecular flexibility index (Phi) is 6.84. The van der Waals surface area contributed by atoms with Crippen LogP contribution >= 0.6 is 0 Å². The second kappa shape index (κ2) is 8.40. The summed E-state index contributed by atoms with van der Waals surface area (Å²) in [6.07, 6.45) is 4.36. The van der Waals surface area contributed by atoms with Crippen LogP contribution < -0.4 is 10.6 Å². The molecule has 0 heterocycles. The predicted molar refractivity (Wildman–Crippen MR) is 84.5 cm³/mol. The van der Waals surface area contributed by atoms with Crippen LogP contribution in [-0.4, -0.2) is 17.5 Å². The molecular weight excluding hydrogens is 254 g/mol. The molecule has 112 valence electrons. The summed E-state index contributed by atoms with van der Waals surface area (Å²) in [5, 5.41) is 17.5. The van der Waals surface area contributed by atoms with Gasteiger partial charge in [0.25, 0.3) is 5.69 Å². The van der Waals surface area contributed by atoms with Crippen molar-refractivity contribution in [2.75, 3.05) is 17.2 Å². The third-order valence-electron chi connectivity index (χ3n) is 3.11. The van der Waals surface area contributed by atoms with Gasteiger partial charge in [0.05, 0.1) is 4.92 Å². The molecule has 1 rings (SSSR count). The zero-order valence-electron chi connectivity index (χ0n) is 12.6. The lowest BCUT2D eigenvalue weighted by Crippen LogP contribution is -2.15. The molecular formula is C15H25N3O2. The van der Waals surface area contributed by atoms with Gasteiger partial charge in [0.1, 0.15) is 0 Å². The minimum atomic E-state index is -0.348. The van der Waals surface area contributed by atoms with Crippen molar-refractivity contribution in [2.24, 2.45) is 0 Å². The summed E-state index contributed by atoms with van der Waals surface area (Å²) in [5.41, 5.74) is 1.73. The number of unbranched alkanes of at least 4 members (excludes halogenated alkanes) is 1. The molecule has 5 nitrogen and oxygen atoms in total. The molecule has 2 N–H and O–H groups in total. The molecule has 0 aliphatic carbocycles. The topological polar surface area (TPSA) is 67.2 Å².